The van der Waals surface area contributed by atoms with Crippen molar-refractivity contribution < 1.29 is 9.18 Å². The molecule has 0 saturated heterocycles. The third kappa shape index (κ3) is 4.40. The minimum atomic E-state index is -0.295. The molecule has 0 aliphatic heterocycles. The van der Waals surface area contributed by atoms with E-state index in [0.29, 0.717) is 12.1 Å². The fraction of sp³-hybridized carbons (Fsp3) is 0.136. The van der Waals surface area contributed by atoms with E-state index in [4.69, 9.17) is 0 Å². The van der Waals surface area contributed by atoms with E-state index in [2.05, 4.69) is 15.5 Å². The summed E-state index contributed by atoms with van der Waals surface area (Å²) in [6, 6.07) is 15.2. The zero-order valence-corrected chi connectivity index (χ0v) is 15.9. The Hall–Kier alpha value is -3.74. The van der Waals surface area contributed by atoms with Crippen molar-refractivity contribution in [3.8, 4) is 5.69 Å². The van der Waals surface area contributed by atoms with Crippen LogP contribution in [0.5, 0.6) is 0 Å². The number of hydrogen-bond acceptors (Lipinski definition) is 3. The van der Waals surface area contributed by atoms with Crippen LogP contribution in [-0.2, 0) is 6.54 Å². The highest BCUT2D eigenvalue weighted by Gasteiger charge is 2.14. The molecule has 0 spiro atoms. The minimum Gasteiger partial charge on any atom is -0.345 e. The van der Waals surface area contributed by atoms with Crippen LogP contribution in [0.4, 0.5) is 4.39 Å². The van der Waals surface area contributed by atoms with Crippen LogP contribution in [0.2, 0.25) is 0 Å². The van der Waals surface area contributed by atoms with Gasteiger partial charge in [0.15, 0.2) is 0 Å². The molecule has 0 aliphatic carbocycles. The lowest BCUT2D eigenvalue weighted by molar-refractivity contribution is 0.0939. The first-order chi connectivity index (χ1) is 14.1. The Morgan fingerprint density at radius 1 is 1.14 bits per heavy atom. The molecule has 2 aromatic carbocycles. The van der Waals surface area contributed by atoms with Gasteiger partial charge in [-0.15, -0.1) is 0 Å². The van der Waals surface area contributed by atoms with Crippen LogP contribution in [-0.4, -0.2) is 25.5 Å². The number of halogens is 1. The molecule has 0 radical (unpaired) electrons. The average molecular weight is 389 g/mol. The van der Waals surface area contributed by atoms with Crippen LogP contribution in [0.3, 0.4) is 0 Å². The molecule has 29 heavy (non-hydrogen) atoms. The minimum absolute atomic E-state index is 0.158. The van der Waals surface area contributed by atoms with Gasteiger partial charge in [0.2, 0.25) is 0 Å². The number of hydrogen-bond donors (Lipinski definition) is 1. The largest absolute Gasteiger partial charge is 0.345 e. The molecule has 146 valence electrons. The van der Waals surface area contributed by atoms with E-state index in [9.17, 15) is 9.18 Å². The lowest BCUT2D eigenvalue weighted by Gasteiger charge is -2.13. The van der Waals surface area contributed by atoms with E-state index in [1.807, 2.05) is 48.3 Å². The molecule has 4 rings (SSSR count). The van der Waals surface area contributed by atoms with Crippen molar-refractivity contribution in [2.75, 3.05) is 0 Å². The summed E-state index contributed by atoms with van der Waals surface area (Å²) in [5.41, 5.74) is 3.20. The van der Waals surface area contributed by atoms with Crippen LogP contribution in [0.15, 0.2) is 79.4 Å². The standard InChI is InChI=1S/C22H20FN5O/c1-16(19-13-25-28(15-19)21-8-6-20(23)7-9-21)26-22(29)18-5-2-4-17(12-18)14-27-11-3-10-24-27/h2-13,15-16H,14H2,1H3,(H,26,29)/t16-/m1/s1. The van der Waals surface area contributed by atoms with Crippen molar-refractivity contribution in [1.82, 2.24) is 24.9 Å². The molecule has 0 saturated carbocycles. The zero-order chi connectivity index (χ0) is 20.2. The predicted molar refractivity (Wildman–Crippen MR) is 107 cm³/mol. The van der Waals surface area contributed by atoms with Crippen LogP contribution in [0, 0.1) is 5.82 Å². The van der Waals surface area contributed by atoms with E-state index in [-0.39, 0.29) is 17.8 Å². The molecule has 2 heterocycles. The highest BCUT2D eigenvalue weighted by atomic mass is 19.1. The first-order valence-corrected chi connectivity index (χ1v) is 9.26. The van der Waals surface area contributed by atoms with Gasteiger partial charge in [-0.1, -0.05) is 12.1 Å². The molecule has 4 aromatic rings. The highest BCUT2D eigenvalue weighted by Crippen LogP contribution is 2.16. The summed E-state index contributed by atoms with van der Waals surface area (Å²) in [5.74, 6) is -0.453. The maximum atomic E-state index is 13.1. The number of amides is 1. The fourth-order valence-electron chi connectivity index (χ4n) is 3.05. The second kappa shape index (κ2) is 8.10. The fourth-order valence-corrected chi connectivity index (χ4v) is 3.05. The second-order valence-electron chi connectivity index (χ2n) is 6.79. The lowest BCUT2D eigenvalue weighted by atomic mass is 10.1. The quantitative estimate of drug-likeness (QED) is 0.546. The number of benzene rings is 2. The van der Waals surface area contributed by atoms with Gasteiger partial charge in [0.25, 0.3) is 5.91 Å². The molecule has 0 bridgehead atoms. The van der Waals surface area contributed by atoms with Gasteiger partial charge in [0, 0.05) is 29.7 Å². The van der Waals surface area contributed by atoms with E-state index in [1.165, 1.54) is 12.1 Å². The Labute approximate surface area is 167 Å². The molecule has 2 aromatic heterocycles. The summed E-state index contributed by atoms with van der Waals surface area (Å²) in [7, 11) is 0. The highest BCUT2D eigenvalue weighted by molar-refractivity contribution is 5.94. The smallest absolute Gasteiger partial charge is 0.251 e. The second-order valence-corrected chi connectivity index (χ2v) is 6.79. The number of carbonyl (C=O) groups excluding carboxylic acids is 1. The summed E-state index contributed by atoms with van der Waals surface area (Å²) in [5, 5.41) is 11.5. The van der Waals surface area contributed by atoms with Gasteiger partial charge in [-0.2, -0.15) is 10.2 Å². The van der Waals surface area contributed by atoms with E-state index < -0.39 is 0 Å². The van der Waals surface area contributed by atoms with Crippen molar-refractivity contribution in [3.05, 3.63) is 102 Å². The number of nitrogens with one attached hydrogen (secondary N) is 1. The molecular formula is C22H20FN5O. The van der Waals surface area contributed by atoms with Crippen molar-refractivity contribution in [1.29, 1.82) is 0 Å². The first-order valence-electron chi connectivity index (χ1n) is 9.26. The average Bonchev–Trinajstić information content (AvgIpc) is 3.41. The monoisotopic (exact) mass is 389 g/mol. The number of nitrogens with zero attached hydrogens (tertiary/aromatic N) is 4. The summed E-state index contributed by atoms with van der Waals surface area (Å²) >= 11 is 0. The number of carbonyl (C=O) groups is 1. The van der Waals surface area contributed by atoms with E-state index in [0.717, 1.165) is 16.8 Å². The molecule has 1 amide bonds. The normalized spacial score (nSPS) is 11.9. The van der Waals surface area contributed by atoms with Crippen molar-refractivity contribution in [2.45, 2.75) is 19.5 Å². The van der Waals surface area contributed by atoms with Gasteiger partial charge in [-0.3, -0.25) is 9.48 Å². The number of rotatable bonds is 6. The molecular weight excluding hydrogens is 369 g/mol. The van der Waals surface area contributed by atoms with Crippen molar-refractivity contribution >= 4 is 5.91 Å². The Morgan fingerprint density at radius 3 is 2.72 bits per heavy atom. The number of aromatic nitrogens is 4. The molecule has 0 unspecified atom stereocenters. The lowest BCUT2D eigenvalue weighted by Crippen LogP contribution is -2.26. The summed E-state index contributed by atoms with van der Waals surface area (Å²) in [6.07, 6.45) is 7.13. The van der Waals surface area contributed by atoms with Crippen molar-refractivity contribution in [3.63, 3.8) is 0 Å². The Morgan fingerprint density at radius 2 is 1.97 bits per heavy atom. The third-order valence-electron chi connectivity index (χ3n) is 4.63. The molecule has 0 fully saturated rings. The summed E-state index contributed by atoms with van der Waals surface area (Å²) in [4.78, 5) is 12.7. The van der Waals surface area contributed by atoms with Gasteiger partial charge in [0.1, 0.15) is 5.82 Å². The maximum Gasteiger partial charge on any atom is 0.251 e. The Kier molecular flexibility index (Phi) is 5.20. The van der Waals surface area contributed by atoms with Crippen LogP contribution >= 0.6 is 0 Å². The topological polar surface area (TPSA) is 64.7 Å². The molecule has 1 atom stereocenters. The van der Waals surface area contributed by atoms with Crippen LogP contribution in [0.25, 0.3) is 5.69 Å². The Bertz CT molecular complexity index is 1100. The summed E-state index contributed by atoms with van der Waals surface area (Å²) in [6.45, 7) is 2.51. The predicted octanol–water partition coefficient (Wildman–Crippen LogP) is 3.75. The SMILES string of the molecule is C[C@@H](NC(=O)c1cccc(Cn2cccn2)c1)c1cnn(-c2ccc(F)cc2)c1. The van der Waals surface area contributed by atoms with Gasteiger partial charge in [-0.25, -0.2) is 9.07 Å². The van der Waals surface area contributed by atoms with E-state index >= 15 is 0 Å². The van der Waals surface area contributed by atoms with Gasteiger partial charge in [0.05, 0.1) is 24.5 Å². The van der Waals surface area contributed by atoms with Crippen molar-refractivity contribution in [2.24, 2.45) is 0 Å². The van der Waals surface area contributed by atoms with Crippen LogP contribution in [0.1, 0.15) is 34.5 Å². The maximum absolute atomic E-state index is 13.1. The molecule has 6 nitrogen and oxygen atoms in total. The van der Waals surface area contributed by atoms with Gasteiger partial charge < -0.3 is 5.32 Å². The first kappa shape index (κ1) is 18.6. The molecule has 1 N–H and O–H groups in total. The summed E-state index contributed by atoms with van der Waals surface area (Å²) < 4.78 is 16.6. The van der Waals surface area contributed by atoms with E-state index in [1.54, 1.807) is 35.3 Å². The molecule has 7 heteroatoms. The third-order valence-corrected chi connectivity index (χ3v) is 4.63. The molecule has 0 aliphatic rings. The van der Waals surface area contributed by atoms with Crippen LogP contribution < -0.4 is 5.32 Å². The van der Waals surface area contributed by atoms with Gasteiger partial charge >= 0.3 is 0 Å². The Balaban J connectivity index is 1.44. The zero-order valence-electron chi connectivity index (χ0n) is 15.9. The van der Waals surface area contributed by atoms with Gasteiger partial charge in [-0.05, 0) is 55.0 Å².